The standard InChI is InChI=1S/C27H35N3O7/c1-12-13-8-7-9-15(31)18(13)23(34)20(26(37)29-11-27(2,3)4)17(12)22(33)14-10-16(32)19(25(28)36)24(35)21(14)30(5)6/h7-10,12,17,20,22,31-33,35H,11H2,1-6H3,(H2,28,36)(H,29,37)/t12-,17?,20?,22+/m0/s1. The van der Waals surface area contributed by atoms with Crippen LogP contribution in [0.5, 0.6) is 17.2 Å². The number of phenolic OH excluding ortho intramolecular Hbond substituents is 1. The zero-order valence-corrected chi connectivity index (χ0v) is 21.9. The number of carbonyl (C=O) groups excluding carboxylic acids is 3. The fraction of sp³-hybridized carbons (Fsp3) is 0.444. The molecule has 1 aliphatic carbocycles. The number of aliphatic hydroxyl groups is 1. The molecule has 0 aliphatic heterocycles. The Morgan fingerprint density at radius 3 is 2.30 bits per heavy atom. The van der Waals surface area contributed by atoms with Crippen LogP contribution in [0.25, 0.3) is 0 Å². The topological polar surface area (TPSA) is 173 Å². The van der Waals surface area contributed by atoms with E-state index >= 15 is 0 Å². The first-order valence-corrected chi connectivity index (χ1v) is 12.0. The van der Waals surface area contributed by atoms with E-state index in [-0.39, 0.29) is 34.5 Å². The van der Waals surface area contributed by atoms with Crippen LogP contribution in [0.4, 0.5) is 5.69 Å². The van der Waals surface area contributed by atoms with E-state index in [1.165, 1.54) is 11.0 Å². The number of phenols is 3. The number of fused-ring (bicyclic) bond motifs is 1. The van der Waals surface area contributed by atoms with Crippen LogP contribution in [0.15, 0.2) is 24.3 Å². The Morgan fingerprint density at radius 2 is 1.76 bits per heavy atom. The van der Waals surface area contributed by atoms with Crippen LogP contribution in [0.1, 0.15) is 71.6 Å². The Morgan fingerprint density at radius 1 is 1.14 bits per heavy atom. The fourth-order valence-electron chi connectivity index (χ4n) is 5.05. The molecule has 0 heterocycles. The number of ketones is 1. The van der Waals surface area contributed by atoms with Crippen LogP contribution < -0.4 is 16.0 Å². The van der Waals surface area contributed by atoms with Crippen LogP contribution >= 0.6 is 0 Å². The molecule has 0 aromatic heterocycles. The minimum atomic E-state index is -1.55. The molecule has 4 atom stereocenters. The smallest absolute Gasteiger partial charge is 0.256 e. The van der Waals surface area contributed by atoms with Crippen molar-refractivity contribution in [2.45, 2.75) is 39.7 Å². The summed E-state index contributed by atoms with van der Waals surface area (Å²) in [6.07, 6.45) is -1.55. The molecule has 1 aliphatic rings. The van der Waals surface area contributed by atoms with Crippen molar-refractivity contribution in [2.75, 3.05) is 25.5 Å². The third kappa shape index (κ3) is 5.06. The Bertz CT molecular complexity index is 1250. The van der Waals surface area contributed by atoms with Crippen LogP contribution in [-0.2, 0) is 4.79 Å². The molecule has 0 saturated heterocycles. The number of aromatic hydroxyl groups is 3. The molecule has 200 valence electrons. The predicted molar refractivity (Wildman–Crippen MR) is 138 cm³/mol. The summed E-state index contributed by atoms with van der Waals surface area (Å²) >= 11 is 0. The summed E-state index contributed by atoms with van der Waals surface area (Å²) in [5.74, 6) is -6.89. The Hall–Kier alpha value is -3.79. The van der Waals surface area contributed by atoms with Gasteiger partial charge in [0.1, 0.15) is 23.0 Å². The first kappa shape index (κ1) is 27.8. The number of nitrogens with two attached hydrogens (primary N) is 1. The van der Waals surface area contributed by atoms with Gasteiger partial charge >= 0.3 is 0 Å². The van der Waals surface area contributed by atoms with Crippen molar-refractivity contribution in [1.29, 1.82) is 0 Å². The zero-order valence-electron chi connectivity index (χ0n) is 21.9. The second kappa shape index (κ2) is 9.93. The molecule has 37 heavy (non-hydrogen) atoms. The highest BCUT2D eigenvalue weighted by atomic mass is 16.3. The summed E-state index contributed by atoms with van der Waals surface area (Å²) in [5, 5.41) is 46.3. The quantitative estimate of drug-likeness (QED) is 0.319. The van der Waals surface area contributed by atoms with Gasteiger partial charge in [0.15, 0.2) is 11.5 Å². The van der Waals surface area contributed by atoms with Crippen molar-refractivity contribution in [1.82, 2.24) is 5.32 Å². The molecule has 10 heteroatoms. The Kier molecular flexibility index (Phi) is 7.46. The van der Waals surface area contributed by atoms with Gasteiger partial charge in [-0.1, -0.05) is 39.8 Å². The molecule has 2 aromatic carbocycles. The molecule has 0 spiro atoms. The van der Waals surface area contributed by atoms with Gasteiger partial charge < -0.3 is 36.4 Å². The van der Waals surface area contributed by atoms with Gasteiger partial charge in [0, 0.05) is 32.1 Å². The van der Waals surface area contributed by atoms with E-state index in [1.807, 2.05) is 20.8 Å². The zero-order chi connectivity index (χ0) is 28.0. The van der Waals surface area contributed by atoms with Crippen molar-refractivity contribution >= 4 is 23.3 Å². The first-order valence-electron chi connectivity index (χ1n) is 12.0. The fourth-order valence-corrected chi connectivity index (χ4v) is 5.05. The summed E-state index contributed by atoms with van der Waals surface area (Å²) in [6, 6.07) is 5.71. The average Bonchev–Trinajstić information content (AvgIpc) is 2.77. The lowest BCUT2D eigenvalue weighted by Gasteiger charge is -2.40. The number of primary amides is 1. The normalized spacial score (nSPS) is 20.2. The minimum absolute atomic E-state index is 0.00637. The molecule has 2 unspecified atom stereocenters. The highest BCUT2D eigenvalue weighted by Gasteiger charge is 2.49. The average molecular weight is 514 g/mol. The van der Waals surface area contributed by atoms with Gasteiger partial charge in [-0.3, -0.25) is 14.4 Å². The number of carbonyl (C=O) groups is 3. The Balaban J connectivity index is 2.23. The monoisotopic (exact) mass is 513 g/mol. The van der Waals surface area contributed by atoms with Crippen molar-refractivity contribution < 1.29 is 34.8 Å². The van der Waals surface area contributed by atoms with E-state index < -0.39 is 58.5 Å². The molecular weight excluding hydrogens is 478 g/mol. The van der Waals surface area contributed by atoms with E-state index in [0.29, 0.717) is 5.56 Å². The summed E-state index contributed by atoms with van der Waals surface area (Å²) in [5.41, 5.74) is 5.03. The summed E-state index contributed by atoms with van der Waals surface area (Å²) < 4.78 is 0. The predicted octanol–water partition coefficient (Wildman–Crippen LogP) is 2.40. The van der Waals surface area contributed by atoms with E-state index in [1.54, 1.807) is 33.2 Å². The lowest BCUT2D eigenvalue weighted by atomic mass is 9.65. The van der Waals surface area contributed by atoms with Crippen molar-refractivity contribution in [3.63, 3.8) is 0 Å². The van der Waals surface area contributed by atoms with Gasteiger partial charge in [0.05, 0.1) is 17.4 Å². The SMILES string of the molecule is C[C@H]1c2cccc(O)c2C(=O)C(C(=O)NCC(C)(C)C)C1[C@H](O)c1cc(O)c(C(N)=O)c(O)c1N(C)C. The van der Waals surface area contributed by atoms with Gasteiger partial charge in [0.25, 0.3) is 5.91 Å². The Labute approximate surface area is 215 Å². The molecule has 0 saturated carbocycles. The maximum Gasteiger partial charge on any atom is 0.256 e. The molecule has 0 bridgehead atoms. The van der Waals surface area contributed by atoms with Crippen molar-refractivity contribution in [3.05, 3.63) is 46.5 Å². The van der Waals surface area contributed by atoms with Crippen molar-refractivity contribution in [2.24, 2.45) is 23.0 Å². The summed E-state index contributed by atoms with van der Waals surface area (Å²) in [7, 11) is 3.12. The third-order valence-corrected chi connectivity index (χ3v) is 6.79. The molecule has 0 radical (unpaired) electrons. The number of benzene rings is 2. The molecule has 10 nitrogen and oxygen atoms in total. The molecular formula is C27H35N3O7. The maximum atomic E-state index is 13.7. The van der Waals surface area contributed by atoms with Gasteiger partial charge in [-0.25, -0.2) is 0 Å². The van der Waals surface area contributed by atoms with Crippen LogP contribution in [0.2, 0.25) is 0 Å². The van der Waals surface area contributed by atoms with Crippen LogP contribution in [0, 0.1) is 17.3 Å². The maximum absolute atomic E-state index is 13.7. The largest absolute Gasteiger partial charge is 0.507 e. The van der Waals surface area contributed by atoms with Crippen molar-refractivity contribution in [3.8, 4) is 17.2 Å². The highest BCUT2D eigenvalue weighted by molar-refractivity contribution is 6.13. The van der Waals surface area contributed by atoms with E-state index in [9.17, 15) is 34.8 Å². The molecule has 2 aromatic rings. The number of hydrogen-bond acceptors (Lipinski definition) is 8. The second-order valence-electron chi connectivity index (χ2n) is 11.0. The molecule has 7 N–H and O–H groups in total. The van der Waals surface area contributed by atoms with E-state index in [2.05, 4.69) is 5.32 Å². The van der Waals surface area contributed by atoms with Gasteiger partial charge in [-0.05, 0) is 29.0 Å². The van der Waals surface area contributed by atoms with Crippen LogP contribution in [-0.4, -0.2) is 58.7 Å². The second-order valence-corrected chi connectivity index (χ2v) is 11.0. The first-order chi connectivity index (χ1) is 17.1. The minimum Gasteiger partial charge on any atom is -0.507 e. The number of rotatable bonds is 6. The number of hydrogen-bond donors (Lipinski definition) is 6. The number of nitrogens with zero attached hydrogens (tertiary/aromatic N) is 1. The van der Waals surface area contributed by atoms with Gasteiger partial charge in [-0.2, -0.15) is 0 Å². The number of aliphatic hydroxyl groups excluding tert-OH is 1. The molecule has 2 amide bonds. The number of Topliss-reactive ketones (excluding diaryl/α,β-unsaturated/α-hetero) is 1. The number of amides is 2. The lowest BCUT2D eigenvalue weighted by molar-refractivity contribution is -0.127. The summed E-state index contributed by atoms with van der Waals surface area (Å²) in [4.78, 5) is 40.5. The number of anilines is 1. The van der Waals surface area contributed by atoms with Gasteiger partial charge in [0.2, 0.25) is 5.91 Å². The summed E-state index contributed by atoms with van der Waals surface area (Å²) in [6.45, 7) is 7.75. The van der Waals surface area contributed by atoms with E-state index in [4.69, 9.17) is 5.73 Å². The van der Waals surface area contributed by atoms with Gasteiger partial charge in [-0.15, -0.1) is 0 Å². The van der Waals surface area contributed by atoms with E-state index in [0.717, 1.165) is 6.07 Å². The third-order valence-electron chi connectivity index (χ3n) is 6.79. The molecule has 3 rings (SSSR count). The van der Waals surface area contributed by atoms with Crippen LogP contribution in [0.3, 0.4) is 0 Å². The molecule has 0 fully saturated rings. The highest BCUT2D eigenvalue weighted by Crippen LogP contribution is 2.51. The number of nitrogens with one attached hydrogen (secondary N) is 1. The lowest BCUT2D eigenvalue weighted by Crippen LogP contribution is -2.48.